The first kappa shape index (κ1) is 14.0. The summed E-state index contributed by atoms with van der Waals surface area (Å²) in [5, 5.41) is 2.97. The van der Waals surface area contributed by atoms with Crippen LogP contribution in [0, 0.1) is 0 Å². The summed E-state index contributed by atoms with van der Waals surface area (Å²) in [7, 11) is 0. The highest BCUT2D eigenvalue weighted by molar-refractivity contribution is 5.85. The summed E-state index contributed by atoms with van der Waals surface area (Å²) in [5.41, 5.74) is 6.97. The summed E-state index contributed by atoms with van der Waals surface area (Å²) in [6, 6.07) is 9.83. The van der Waals surface area contributed by atoms with Gasteiger partial charge < -0.3 is 11.1 Å². The van der Waals surface area contributed by atoms with Crippen LogP contribution in [0.25, 0.3) is 0 Å². The van der Waals surface area contributed by atoms with Crippen molar-refractivity contribution < 1.29 is 4.79 Å². The van der Waals surface area contributed by atoms with Gasteiger partial charge in [0.05, 0.1) is 6.04 Å². The summed E-state index contributed by atoms with van der Waals surface area (Å²) in [6.07, 6.45) is 4.03. The van der Waals surface area contributed by atoms with Crippen molar-refractivity contribution in [2.75, 3.05) is 0 Å². The van der Waals surface area contributed by atoms with Crippen molar-refractivity contribution in [2.45, 2.75) is 37.8 Å². The molecule has 0 aliphatic heterocycles. The Morgan fingerprint density at radius 2 is 2.00 bits per heavy atom. The molecule has 17 heavy (non-hydrogen) atoms. The van der Waals surface area contributed by atoms with E-state index in [2.05, 4.69) is 5.32 Å². The van der Waals surface area contributed by atoms with Gasteiger partial charge in [0.25, 0.3) is 0 Å². The molecule has 0 bridgehead atoms. The molecule has 1 fully saturated rings. The number of amides is 1. The van der Waals surface area contributed by atoms with Gasteiger partial charge in [-0.2, -0.15) is 0 Å². The molecular weight excluding hydrogens is 236 g/mol. The number of carbonyl (C=O) groups excluding carboxylic acids is 1. The first-order valence-electron chi connectivity index (χ1n) is 5.85. The van der Waals surface area contributed by atoms with E-state index in [1.54, 1.807) is 0 Å². The second-order valence-electron chi connectivity index (χ2n) is 4.43. The van der Waals surface area contributed by atoms with Crippen LogP contribution in [0.4, 0.5) is 0 Å². The van der Waals surface area contributed by atoms with Crippen molar-refractivity contribution >= 4 is 18.3 Å². The molecule has 1 aliphatic carbocycles. The fraction of sp³-hybridized carbons (Fsp3) is 0.462. The molecule has 1 saturated carbocycles. The maximum Gasteiger partial charge on any atom is 0.237 e. The molecule has 0 spiro atoms. The molecule has 1 aliphatic rings. The zero-order chi connectivity index (χ0) is 11.4. The molecule has 1 aromatic rings. The van der Waals surface area contributed by atoms with Crippen LogP contribution >= 0.6 is 12.4 Å². The Morgan fingerprint density at radius 3 is 2.53 bits per heavy atom. The van der Waals surface area contributed by atoms with Gasteiger partial charge in [-0.25, -0.2) is 0 Å². The molecule has 0 saturated heterocycles. The number of carbonyl (C=O) groups is 1. The molecule has 3 nitrogen and oxygen atoms in total. The first-order chi connectivity index (χ1) is 7.75. The number of nitrogens with one attached hydrogen (secondary N) is 1. The maximum atomic E-state index is 11.7. The van der Waals surface area contributed by atoms with Crippen LogP contribution in [0.1, 0.15) is 24.8 Å². The van der Waals surface area contributed by atoms with Crippen molar-refractivity contribution in [2.24, 2.45) is 5.73 Å². The molecular formula is C13H19ClN2O. The Morgan fingerprint density at radius 1 is 1.35 bits per heavy atom. The molecule has 2 rings (SSSR count). The van der Waals surface area contributed by atoms with E-state index in [9.17, 15) is 4.79 Å². The van der Waals surface area contributed by atoms with E-state index in [0.717, 1.165) is 18.4 Å². The number of benzene rings is 1. The van der Waals surface area contributed by atoms with Crippen molar-refractivity contribution in [1.82, 2.24) is 5.32 Å². The molecule has 94 valence electrons. The van der Waals surface area contributed by atoms with Crippen molar-refractivity contribution in [3.63, 3.8) is 0 Å². The van der Waals surface area contributed by atoms with Crippen molar-refractivity contribution in [3.05, 3.63) is 35.9 Å². The predicted octanol–water partition coefficient (Wildman–Crippen LogP) is 1.65. The minimum atomic E-state index is -0.428. The van der Waals surface area contributed by atoms with Crippen LogP contribution in [0.5, 0.6) is 0 Å². The van der Waals surface area contributed by atoms with E-state index >= 15 is 0 Å². The third-order valence-corrected chi connectivity index (χ3v) is 3.09. The van der Waals surface area contributed by atoms with Gasteiger partial charge in [-0.15, -0.1) is 12.4 Å². The molecule has 0 aromatic heterocycles. The van der Waals surface area contributed by atoms with E-state index in [0.29, 0.717) is 12.5 Å². The summed E-state index contributed by atoms with van der Waals surface area (Å²) >= 11 is 0. The summed E-state index contributed by atoms with van der Waals surface area (Å²) in [4.78, 5) is 11.7. The molecule has 1 aromatic carbocycles. The number of halogens is 1. The Bertz CT molecular complexity index is 352. The monoisotopic (exact) mass is 254 g/mol. The predicted molar refractivity (Wildman–Crippen MR) is 71.2 cm³/mol. The lowest BCUT2D eigenvalue weighted by Gasteiger charge is -2.27. The van der Waals surface area contributed by atoms with E-state index < -0.39 is 6.04 Å². The zero-order valence-corrected chi connectivity index (χ0v) is 10.6. The lowest BCUT2D eigenvalue weighted by atomic mass is 9.92. The Kier molecular flexibility index (Phi) is 5.45. The van der Waals surface area contributed by atoms with Crippen molar-refractivity contribution in [3.8, 4) is 0 Å². The zero-order valence-electron chi connectivity index (χ0n) is 9.76. The molecule has 4 heteroatoms. The number of nitrogens with two attached hydrogens (primary N) is 1. The van der Waals surface area contributed by atoms with Gasteiger partial charge in [-0.1, -0.05) is 30.3 Å². The van der Waals surface area contributed by atoms with Crippen LogP contribution in [0.15, 0.2) is 30.3 Å². The Balaban J connectivity index is 0.00000144. The standard InChI is InChI=1S/C13H18N2O.ClH/c14-12(9-10-5-2-1-3-6-10)13(16)15-11-7-4-8-11;/h1-3,5-6,11-12H,4,7-9,14H2,(H,15,16);1H. The molecule has 1 atom stereocenters. The Hall–Kier alpha value is -1.06. The smallest absolute Gasteiger partial charge is 0.237 e. The SMILES string of the molecule is Cl.NC(Cc1ccccc1)C(=O)NC1CCC1. The third-order valence-electron chi connectivity index (χ3n) is 3.09. The minimum absolute atomic E-state index is 0. The molecule has 1 amide bonds. The molecule has 3 N–H and O–H groups in total. The number of hydrogen-bond donors (Lipinski definition) is 2. The van der Waals surface area contributed by atoms with Crippen LogP contribution in [0.3, 0.4) is 0 Å². The molecule has 0 radical (unpaired) electrons. The second-order valence-corrected chi connectivity index (χ2v) is 4.43. The van der Waals surface area contributed by atoms with Gasteiger partial charge in [0.2, 0.25) is 5.91 Å². The number of rotatable bonds is 4. The maximum absolute atomic E-state index is 11.7. The second kappa shape index (κ2) is 6.62. The number of hydrogen-bond acceptors (Lipinski definition) is 2. The minimum Gasteiger partial charge on any atom is -0.352 e. The summed E-state index contributed by atoms with van der Waals surface area (Å²) in [6.45, 7) is 0. The van der Waals surface area contributed by atoms with Gasteiger partial charge in [-0.05, 0) is 31.2 Å². The largest absolute Gasteiger partial charge is 0.352 e. The highest BCUT2D eigenvalue weighted by Crippen LogP contribution is 2.18. The van der Waals surface area contributed by atoms with Gasteiger partial charge in [0.15, 0.2) is 0 Å². The quantitative estimate of drug-likeness (QED) is 0.859. The summed E-state index contributed by atoms with van der Waals surface area (Å²) in [5.74, 6) is -0.0199. The van der Waals surface area contributed by atoms with E-state index in [1.165, 1.54) is 6.42 Å². The van der Waals surface area contributed by atoms with Crippen LogP contribution in [-0.2, 0) is 11.2 Å². The van der Waals surface area contributed by atoms with E-state index in [4.69, 9.17) is 5.73 Å². The van der Waals surface area contributed by atoms with Crippen LogP contribution in [0.2, 0.25) is 0 Å². The highest BCUT2D eigenvalue weighted by Gasteiger charge is 2.22. The van der Waals surface area contributed by atoms with Gasteiger partial charge in [0, 0.05) is 6.04 Å². The average Bonchev–Trinajstić information content (AvgIpc) is 2.24. The van der Waals surface area contributed by atoms with Gasteiger partial charge >= 0.3 is 0 Å². The average molecular weight is 255 g/mol. The van der Waals surface area contributed by atoms with Crippen LogP contribution < -0.4 is 11.1 Å². The van der Waals surface area contributed by atoms with Gasteiger partial charge in [0.1, 0.15) is 0 Å². The third kappa shape index (κ3) is 4.02. The van der Waals surface area contributed by atoms with E-state index in [1.807, 2.05) is 30.3 Å². The van der Waals surface area contributed by atoms with Crippen LogP contribution in [-0.4, -0.2) is 18.0 Å². The lowest BCUT2D eigenvalue weighted by Crippen LogP contribution is -2.48. The topological polar surface area (TPSA) is 55.1 Å². The highest BCUT2D eigenvalue weighted by atomic mass is 35.5. The fourth-order valence-corrected chi connectivity index (χ4v) is 1.82. The molecule has 1 unspecified atom stereocenters. The van der Waals surface area contributed by atoms with Gasteiger partial charge in [-0.3, -0.25) is 4.79 Å². The summed E-state index contributed by atoms with van der Waals surface area (Å²) < 4.78 is 0. The first-order valence-corrected chi connectivity index (χ1v) is 5.85. The van der Waals surface area contributed by atoms with Crippen molar-refractivity contribution in [1.29, 1.82) is 0 Å². The molecule has 0 heterocycles. The fourth-order valence-electron chi connectivity index (χ4n) is 1.82. The normalized spacial score (nSPS) is 16.5. The lowest BCUT2D eigenvalue weighted by molar-refractivity contribution is -0.123. The van der Waals surface area contributed by atoms with E-state index in [-0.39, 0.29) is 18.3 Å². The Labute approximate surface area is 108 Å².